The van der Waals surface area contributed by atoms with E-state index in [1.54, 1.807) is 45.0 Å². The summed E-state index contributed by atoms with van der Waals surface area (Å²) < 4.78 is 38.9. The lowest BCUT2D eigenvalue weighted by atomic mass is 9.80. The van der Waals surface area contributed by atoms with Crippen LogP contribution in [-0.2, 0) is 30.8 Å². The fraction of sp³-hybridized carbons (Fsp3) is 0.407. The van der Waals surface area contributed by atoms with Crippen molar-refractivity contribution in [3.8, 4) is 6.07 Å². The first-order valence-electron chi connectivity index (χ1n) is 12.4. The number of alkyl halides is 3. The van der Waals surface area contributed by atoms with Crippen molar-refractivity contribution in [2.45, 2.75) is 57.3 Å². The van der Waals surface area contributed by atoms with Gasteiger partial charge in [-0.25, -0.2) is 4.98 Å². The minimum atomic E-state index is -4.76. The molecule has 1 unspecified atom stereocenters. The first-order valence-corrected chi connectivity index (χ1v) is 12.4. The van der Waals surface area contributed by atoms with Gasteiger partial charge in [-0.3, -0.25) is 19.2 Å². The lowest BCUT2D eigenvalue weighted by molar-refractivity contribution is -0.142. The molecule has 0 bridgehead atoms. The van der Waals surface area contributed by atoms with Gasteiger partial charge in [0.15, 0.2) is 0 Å². The molecule has 1 aromatic heterocycles. The van der Waals surface area contributed by atoms with E-state index in [0.717, 1.165) is 12.1 Å². The number of fused-ring (bicyclic) bond motifs is 2. The molecule has 1 aromatic carbocycles. The standard InChI is InChI=1S/C27H27F3N6O4/c1-25(2,3)12-18(32-21(37)22(38)35-20-10-6-9-19(34-20)27(28,29)30)23(39)36-14-26(11-15(36)13-31)16-7-4-5-8-17(16)33-24(26)40/h4-10,15,18H,11-12,14H2,1-3H3,(H,32,37)(H,33,40)(H,34,35,38)/t15?,18-,26-/m0/s1. The van der Waals surface area contributed by atoms with Gasteiger partial charge < -0.3 is 20.9 Å². The number of pyridine rings is 1. The zero-order valence-corrected chi connectivity index (χ0v) is 21.9. The van der Waals surface area contributed by atoms with Crippen LogP contribution in [0.25, 0.3) is 0 Å². The number of nitriles is 1. The third kappa shape index (κ3) is 5.61. The van der Waals surface area contributed by atoms with Crippen molar-refractivity contribution in [1.82, 2.24) is 15.2 Å². The maximum absolute atomic E-state index is 13.8. The average molecular weight is 557 g/mol. The van der Waals surface area contributed by atoms with Gasteiger partial charge in [0, 0.05) is 18.7 Å². The van der Waals surface area contributed by atoms with E-state index < -0.39 is 58.3 Å². The Morgan fingerprint density at radius 2 is 1.85 bits per heavy atom. The van der Waals surface area contributed by atoms with Gasteiger partial charge in [0.25, 0.3) is 0 Å². The van der Waals surface area contributed by atoms with Gasteiger partial charge in [0.2, 0.25) is 11.8 Å². The molecule has 40 heavy (non-hydrogen) atoms. The van der Waals surface area contributed by atoms with E-state index in [1.165, 1.54) is 4.90 Å². The van der Waals surface area contributed by atoms with Crippen LogP contribution in [0.1, 0.15) is 44.9 Å². The maximum atomic E-state index is 13.8. The van der Waals surface area contributed by atoms with Crippen LogP contribution < -0.4 is 16.0 Å². The van der Waals surface area contributed by atoms with E-state index in [9.17, 15) is 37.6 Å². The Morgan fingerprint density at radius 1 is 1.15 bits per heavy atom. The Labute approximate surface area is 227 Å². The van der Waals surface area contributed by atoms with Crippen LogP contribution in [0.4, 0.5) is 24.7 Å². The van der Waals surface area contributed by atoms with Crippen molar-refractivity contribution in [3.63, 3.8) is 0 Å². The molecule has 4 rings (SSSR count). The molecule has 2 aliphatic rings. The summed E-state index contributed by atoms with van der Waals surface area (Å²) in [7, 11) is 0. The quantitative estimate of drug-likeness (QED) is 0.494. The summed E-state index contributed by atoms with van der Waals surface area (Å²) in [5, 5.41) is 17.1. The predicted molar refractivity (Wildman–Crippen MR) is 136 cm³/mol. The summed E-state index contributed by atoms with van der Waals surface area (Å²) in [6.07, 6.45) is -4.64. The number of benzene rings is 1. The molecule has 1 saturated heterocycles. The van der Waals surface area contributed by atoms with Crippen LogP contribution in [0, 0.1) is 16.7 Å². The van der Waals surface area contributed by atoms with Crippen molar-refractivity contribution in [2.75, 3.05) is 17.2 Å². The number of para-hydroxylation sites is 1. The highest BCUT2D eigenvalue weighted by Crippen LogP contribution is 2.46. The summed E-state index contributed by atoms with van der Waals surface area (Å²) in [5.41, 5.74) is -1.66. The highest BCUT2D eigenvalue weighted by molar-refractivity contribution is 6.39. The van der Waals surface area contributed by atoms with Crippen LogP contribution >= 0.6 is 0 Å². The number of hydrogen-bond acceptors (Lipinski definition) is 6. The summed E-state index contributed by atoms with van der Waals surface area (Å²) >= 11 is 0. The average Bonchev–Trinajstić information content (AvgIpc) is 3.40. The van der Waals surface area contributed by atoms with Crippen LogP contribution in [0.2, 0.25) is 0 Å². The largest absolute Gasteiger partial charge is 0.433 e. The lowest BCUT2D eigenvalue weighted by Crippen LogP contribution is -2.53. The summed E-state index contributed by atoms with van der Waals surface area (Å²) in [4.78, 5) is 56.7. The van der Waals surface area contributed by atoms with Crippen molar-refractivity contribution in [1.29, 1.82) is 5.26 Å². The Hall–Kier alpha value is -4.47. The molecule has 2 aliphatic heterocycles. The van der Waals surface area contributed by atoms with Crippen molar-refractivity contribution in [2.24, 2.45) is 5.41 Å². The fourth-order valence-corrected chi connectivity index (χ4v) is 5.06. The van der Waals surface area contributed by atoms with Gasteiger partial charge >= 0.3 is 18.0 Å². The number of nitrogens with one attached hydrogen (secondary N) is 3. The molecule has 1 fully saturated rings. The Balaban J connectivity index is 1.55. The molecule has 13 heteroatoms. The first-order chi connectivity index (χ1) is 18.6. The van der Waals surface area contributed by atoms with Crippen molar-refractivity contribution in [3.05, 3.63) is 53.7 Å². The van der Waals surface area contributed by atoms with Gasteiger partial charge in [-0.15, -0.1) is 0 Å². The number of amides is 4. The van der Waals surface area contributed by atoms with E-state index in [1.807, 2.05) is 5.32 Å². The number of halogens is 3. The third-order valence-electron chi connectivity index (χ3n) is 6.82. The van der Waals surface area contributed by atoms with Crippen LogP contribution in [-0.4, -0.2) is 52.1 Å². The molecule has 4 amide bonds. The topological polar surface area (TPSA) is 144 Å². The number of anilines is 2. The van der Waals surface area contributed by atoms with Crippen molar-refractivity contribution < 1.29 is 32.3 Å². The number of rotatable bonds is 4. The number of hydrogen-bond donors (Lipinski definition) is 3. The molecule has 3 N–H and O–H groups in total. The summed E-state index contributed by atoms with van der Waals surface area (Å²) in [5.74, 6) is -4.08. The Morgan fingerprint density at radius 3 is 2.50 bits per heavy atom. The number of nitrogens with zero attached hydrogens (tertiary/aromatic N) is 3. The van der Waals surface area contributed by atoms with E-state index in [-0.39, 0.29) is 25.3 Å². The molecule has 0 aliphatic carbocycles. The molecular weight excluding hydrogens is 529 g/mol. The van der Waals surface area contributed by atoms with Gasteiger partial charge in [-0.2, -0.15) is 18.4 Å². The van der Waals surface area contributed by atoms with Gasteiger partial charge in [-0.1, -0.05) is 45.0 Å². The zero-order valence-electron chi connectivity index (χ0n) is 21.9. The summed E-state index contributed by atoms with van der Waals surface area (Å²) in [6.45, 7) is 5.31. The van der Waals surface area contributed by atoms with Gasteiger partial charge in [0.1, 0.15) is 23.6 Å². The molecule has 10 nitrogen and oxygen atoms in total. The molecule has 2 aromatic rings. The van der Waals surface area contributed by atoms with Crippen LogP contribution in [0.3, 0.4) is 0 Å². The van der Waals surface area contributed by atoms with Gasteiger partial charge in [0.05, 0.1) is 11.5 Å². The van der Waals surface area contributed by atoms with Crippen LogP contribution in [0.15, 0.2) is 42.5 Å². The molecule has 3 atom stereocenters. The minimum Gasteiger partial charge on any atom is -0.336 e. The zero-order chi connectivity index (χ0) is 29.5. The number of carbonyl (C=O) groups excluding carboxylic acids is 4. The number of carbonyl (C=O) groups is 4. The molecule has 0 radical (unpaired) electrons. The van der Waals surface area contributed by atoms with E-state index in [2.05, 4.69) is 21.7 Å². The first kappa shape index (κ1) is 28.5. The van der Waals surface area contributed by atoms with Gasteiger partial charge in [-0.05, 0) is 35.6 Å². The predicted octanol–water partition coefficient (Wildman–Crippen LogP) is 2.97. The normalized spacial score (nSPS) is 20.9. The van der Waals surface area contributed by atoms with E-state index in [0.29, 0.717) is 17.3 Å². The number of aromatic nitrogens is 1. The highest BCUT2D eigenvalue weighted by Gasteiger charge is 2.56. The van der Waals surface area contributed by atoms with Crippen LogP contribution in [0.5, 0.6) is 0 Å². The third-order valence-corrected chi connectivity index (χ3v) is 6.82. The molecule has 210 valence electrons. The Kier molecular flexibility index (Phi) is 7.32. The second-order valence-corrected chi connectivity index (χ2v) is 11.0. The maximum Gasteiger partial charge on any atom is 0.433 e. The highest BCUT2D eigenvalue weighted by atomic mass is 19.4. The lowest BCUT2D eigenvalue weighted by Gasteiger charge is -2.31. The number of likely N-dealkylation sites (tertiary alicyclic amines) is 1. The second-order valence-electron chi connectivity index (χ2n) is 11.0. The van der Waals surface area contributed by atoms with Crippen molar-refractivity contribution >= 4 is 35.1 Å². The minimum absolute atomic E-state index is 0.0516. The Bertz CT molecular complexity index is 1410. The molecule has 1 spiro atoms. The smallest absolute Gasteiger partial charge is 0.336 e. The second kappa shape index (κ2) is 10.3. The fourth-order valence-electron chi connectivity index (χ4n) is 5.06. The van der Waals surface area contributed by atoms with E-state index >= 15 is 0 Å². The molecule has 0 saturated carbocycles. The molecule has 3 heterocycles. The SMILES string of the molecule is CC(C)(C)C[C@H](NC(=O)C(=O)Nc1cccc(C(F)(F)F)n1)C(=O)N1C[C@]2(CC1C#N)C(=O)Nc1ccccc12. The monoisotopic (exact) mass is 556 g/mol. The summed E-state index contributed by atoms with van der Waals surface area (Å²) in [6, 6.07) is 9.66. The van der Waals surface area contributed by atoms with E-state index in [4.69, 9.17) is 0 Å². The molecular formula is C27H27F3N6O4.